The molecule has 3 nitrogen and oxygen atoms in total. The molecular formula is C16H25BrN2O. The Kier molecular flexibility index (Phi) is 5.61. The zero-order chi connectivity index (χ0) is 14.7. The number of hydrogen-bond donors (Lipinski definition) is 1. The van der Waals surface area contributed by atoms with Crippen LogP contribution in [-0.4, -0.2) is 36.2 Å². The Bertz CT molecular complexity index is 438. The molecule has 2 N–H and O–H groups in total. The van der Waals surface area contributed by atoms with Crippen LogP contribution >= 0.6 is 15.9 Å². The molecule has 1 aromatic carbocycles. The van der Waals surface area contributed by atoms with Crippen molar-refractivity contribution in [2.75, 3.05) is 13.2 Å². The number of ether oxygens (including phenoxy) is 1. The average molecular weight is 341 g/mol. The van der Waals surface area contributed by atoms with Gasteiger partial charge in [0, 0.05) is 23.1 Å². The number of morpholine rings is 1. The predicted molar refractivity (Wildman–Crippen MR) is 86.7 cm³/mol. The first-order valence-corrected chi connectivity index (χ1v) is 8.20. The van der Waals surface area contributed by atoms with Gasteiger partial charge in [-0.3, -0.25) is 4.90 Å². The SMILES string of the molecule is CCC1COC(C)CN1C(c1cccc(Br)c1)C(C)N. The van der Waals surface area contributed by atoms with Gasteiger partial charge in [0.05, 0.1) is 18.8 Å². The van der Waals surface area contributed by atoms with Crippen molar-refractivity contribution in [1.29, 1.82) is 0 Å². The van der Waals surface area contributed by atoms with Crippen LogP contribution in [0.5, 0.6) is 0 Å². The first-order chi connectivity index (χ1) is 9.52. The van der Waals surface area contributed by atoms with Gasteiger partial charge in [0.15, 0.2) is 0 Å². The number of halogens is 1. The molecule has 2 rings (SSSR count). The number of nitrogens with zero attached hydrogens (tertiary/aromatic N) is 1. The Balaban J connectivity index is 2.31. The fourth-order valence-corrected chi connectivity index (χ4v) is 3.47. The first kappa shape index (κ1) is 16.0. The number of benzene rings is 1. The van der Waals surface area contributed by atoms with Gasteiger partial charge in [-0.25, -0.2) is 0 Å². The highest BCUT2D eigenvalue weighted by molar-refractivity contribution is 9.10. The van der Waals surface area contributed by atoms with Gasteiger partial charge >= 0.3 is 0 Å². The van der Waals surface area contributed by atoms with Gasteiger partial charge in [-0.2, -0.15) is 0 Å². The lowest BCUT2D eigenvalue weighted by atomic mass is 9.95. The molecule has 0 amide bonds. The van der Waals surface area contributed by atoms with Gasteiger partial charge in [0.25, 0.3) is 0 Å². The van der Waals surface area contributed by atoms with Crippen LogP contribution in [0.3, 0.4) is 0 Å². The molecule has 1 saturated heterocycles. The molecule has 1 aromatic rings. The lowest BCUT2D eigenvalue weighted by molar-refractivity contribution is -0.0762. The molecule has 0 saturated carbocycles. The van der Waals surface area contributed by atoms with E-state index in [1.165, 1.54) is 5.56 Å². The summed E-state index contributed by atoms with van der Waals surface area (Å²) in [5.41, 5.74) is 7.59. The third-order valence-corrected chi connectivity index (χ3v) is 4.52. The summed E-state index contributed by atoms with van der Waals surface area (Å²) in [6.45, 7) is 8.19. The Morgan fingerprint density at radius 3 is 2.85 bits per heavy atom. The summed E-state index contributed by atoms with van der Waals surface area (Å²) in [6, 6.07) is 9.27. The monoisotopic (exact) mass is 340 g/mol. The van der Waals surface area contributed by atoms with Crippen LogP contribution in [0.2, 0.25) is 0 Å². The van der Waals surface area contributed by atoms with Gasteiger partial charge in [-0.1, -0.05) is 35.0 Å². The maximum atomic E-state index is 6.31. The van der Waals surface area contributed by atoms with Crippen molar-refractivity contribution in [3.8, 4) is 0 Å². The molecule has 1 heterocycles. The summed E-state index contributed by atoms with van der Waals surface area (Å²) >= 11 is 3.56. The van der Waals surface area contributed by atoms with E-state index in [0.717, 1.165) is 24.0 Å². The van der Waals surface area contributed by atoms with Gasteiger partial charge < -0.3 is 10.5 Å². The third-order valence-electron chi connectivity index (χ3n) is 4.03. The lowest BCUT2D eigenvalue weighted by Gasteiger charge is -2.44. The molecule has 0 spiro atoms. The molecule has 1 fully saturated rings. The van der Waals surface area contributed by atoms with E-state index in [1.54, 1.807) is 0 Å². The largest absolute Gasteiger partial charge is 0.376 e. The predicted octanol–water partition coefficient (Wildman–Crippen LogP) is 3.34. The van der Waals surface area contributed by atoms with E-state index in [9.17, 15) is 0 Å². The maximum Gasteiger partial charge on any atom is 0.0675 e. The van der Waals surface area contributed by atoms with E-state index < -0.39 is 0 Å². The maximum absolute atomic E-state index is 6.31. The molecular weight excluding hydrogens is 316 g/mol. The zero-order valence-corrected chi connectivity index (χ0v) is 14.1. The van der Waals surface area contributed by atoms with Crippen molar-refractivity contribution in [3.63, 3.8) is 0 Å². The molecule has 20 heavy (non-hydrogen) atoms. The highest BCUT2D eigenvalue weighted by atomic mass is 79.9. The Labute approximate surface area is 130 Å². The Morgan fingerprint density at radius 1 is 1.50 bits per heavy atom. The van der Waals surface area contributed by atoms with Crippen LogP contribution in [-0.2, 0) is 4.74 Å². The lowest BCUT2D eigenvalue weighted by Crippen LogP contribution is -2.53. The molecule has 0 aliphatic carbocycles. The molecule has 4 heteroatoms. The molecule has 1 aliphatic rings. The van der Waals surface area contributed by atoms with Gasteiger partial charge in [0.2, 0.25) is 0 Å². The standard InChI is InChI=1S/C16H25BrN2O/c1-4-15-10-20-11(2)9-19(15)16(12(3)18)13-6-5-7-14(17)8-13/h5-8,11-12,15-16H,4,9-10,18H2,1-3H3. The molecule has 1 aliphatic heterocycles. The van der Waals surface area contributed by atoms with E-state index in [2.05, 4.69) is 65.9 Å². The smallest absolute Gasteiger partial charge is 0.0675 e. The van der Waals surface area contributed by atoms with Gasteiger partial charge in [0.1, 0.15) is 0 Å². The Morgan fingerprint density at radius 2 is 2.25 bits per heavy atom. The van der Waals surface area contributed by atoms with Gasteiger partial charge in [-0.05, 0) is 38.0 Å². The minimum absolute atomic E-state index is 0.0867. The van der Waals surface area contributed by atoms with E-state index in [1.807, 2.05) is 0 Å². The van der Waals surface area contributed by atoms with E-state index in [4.69, 9.17) is 10.5 Å². The summed E-state index contributed by atoms with van der Waals surface area (Å²) in [5, 5.41) is 0. The minimum atomic E-state index is 0.0867. The molecule has 0 bridgehead atoms. The average Bonchev–Trinajstić information content (AvgIpc) is 2.39. The topological polar surface area (TPSA) is 38.5 Å². The molecule has 4 unspecified atom stereocenters. The van der Waals surface area contributed by atoms with Crippen molar-refractivity contribution in [3.05, 3.63) is 34.3 Å². The highest BCUT2D eigenvalue weighted by Crippen LogP contribution is 2.31. The summed E-state index contributed by atoms with van der Waals surface area (Å²) in [6.07, 6.45) is 1.36. The molecule has 0 aromatic heterocycles. The van der Waals surface area contributed by atoms with Crippen LogP contribution in [0.15, 0.2) is 28.7 Å². The summed E-state index contributed by atoms with van der Waals surface area (Å²) in [7, 11) is 0. The normalized spacial score (nSPS) is 27.2. The van der Waals surface area contributed by atoms with Crippen LogP contribution in [0.4, 0.5) is 0 Å². The second-order valence-corrected chi connectivity index (χ2v) is 6.68. The minimum Gasteiger partial charge on any atom is -0.376 e. The first-order valence-electron chi connectivity index (χ1n) is 7.41. The van der Waals surface area contributed by atoms with Crippen molar-refractivity contribution in [2.45, 2.75) is 51.4 Å². The second-order valence-electron chi connectivity index (χ2n) is 5.76. The Hall–Kier alpha value is -0.420. The summed E-state index contributed by atoms with van der Waals surface area (Å²) < 4.78 is 6.92. The third kappa shape index (κ3) is 3.61. The summed E-state index contributed by atoms with van der Waals surface area (Å²) in [4.78, 5) is 2.53. The van der Waals surface area contributed by atoms with Crippen molar-refractivity contribution < 1.29 is 4.74 Å². The highest BCUT2D eigenvalue weighted by Gasteiger charge is 2.33. The number of hydrogen-bond acceptors (Lipinski definition) is 3. The fraction of sp³-hybridized carbons (Fsp3) is 0.625. The van der Waals surface area contributed by atoms with Crippen molar-refractivity contribution >= 4 is 15.9 Å². The van der Waals surface area contributed by atoms with Crippen LogP contribution in [0.1, 0.15) is 38.8 Å². The van der Waals surface area contributed by atoms with Crippen LogP contribution in [0.25, 0.3) is 0 Å². The molecule has 112 valence electrons. The fourth-order valence-electron chi connectivity index (χ4n) is 3.05. The summed E-state index contributed by atoms with van der Waals surface area (Å²) in [5.74, 6) is 0. The van der Waals surface area contributed by atoms with Gasteiger partial charge in [-0.15, -0.1) is 0 Å². The van der Waals surface area contributed by atoms with E-state index in [-0.39, 0.29) is 18.2 Å². The number of nitrogens with two attached hydrogens (primary N) is 1. The van der Waals surface area contributed by atoms with E-state index >= 15 is 0 Å². The van der Waals surface area contributed by atoms with Crippen LogP contribution < -0.4 is 5.73 Å². The molecule has 4 atom stereocenters. The van der Waals surface area contributed by atoms with E-state index in [0.29, 0.717) is 6.04 Å². The number of rotatable bonds is 4. The molecule has 0 radical (unpaired) electrons. The van der Waals surface area contributed by atoms with Crippen molar-refractivity contribution in [2.24, 2.45) is 5.73 Å². The quantitative estimate of drug-likeness (QED) is 0.913. The second kappa shape index (κ2) is 7.03. The zero-order valence-electron chi connectivity index (χ0n) is 12.6. The van der Waals surface area contributed by atoms with Crippen molar-refractivity contribution in [1.82, 2.24) is 4.90 Å². The van der Waals surface area contributed by atoms with Crippen LogP contribution in [0, 0.1) is 0 Å².